The highest BCUT2D eigenvalue weighted by Crippen LogP contribution is 2.40. The molecule has 58 heavy (non-hydrogen) atoms. The summed E-state index contributed by atoms with van der Waals surface area (Å²) in [5, 5.41) is 20.1. The van der Waals surface area contributed by atoms with Crippen molar-refractivity contribution in [1.82, 2.24) is 25.6 Å². The van der Waals surface area contributed by atoms with Gasteiger partial charge in [0.1, 0.15) is 18.1 Å². The van der Waals surface area contributed by atoms with Gasteiger partial charge in [-0.2, -0.15) is 9.97 Å². The Morgan fingerprint density at radius 1 is 0.793 bits per heavy atom. The quantitative estimate of drug-likeness (QED) is 0.113. The van der Waals surface area contributed by atoms with Gasteiger partial charge in [0.2, 0.25) is 28.9 Å². The topological polar surface area (TPSA) is 180 Å². The molecule has 14 nitrogen and oxygen atoms in total. The van der Waals surface area contributed by atoms with Gasteiger partial charge < -0.3 is 34.7 Å². The number of carbonyl (C=O) groups is 1. The first-order valence-electron chi connectivity index (χ1n) is 19.0. The molecule has 2 atom stereocenters. The van der Waals surface area contributed by atoms with Crippen molar-refractivity contribution in [2.45, 2.75) is 77.7 Å². The summed E-state index contributed by atoms with van der Waals surface area (Å²) >= 11 is 0. The average molecular weight is 779 g/mol. The van der Waals surface area contributed by atoms with Gasteiger partial charge in [-0.05, 0) is 112 Å². The van der Waals surface area contributed by atoms with E-state index in [1.807, 2.05) is 64.1 Å². The molecule has 0 fully saturated rings. The lowest BCUT2D eigenvalue weighted by Crippen LogP contribution is -2.29. The Labute approximate surface area is 335 Å². The summed E-state index contributed by atoms with van der Waals surface area (Å²) < 4.78 is 22.3. The maximum Gasteiger partial charge on any atom is 0.256 e. The zero-order valence-electron chi connectivity index (χ0n) is 32.5. The second kappa shape index (κ2) is 17.1. The molecule has 0 aliphatic heterocycles. The van der Waals surface area contributed by atoms with Crippen LogP contribution in [0.2, 0.25) is 0 Å². The molecule has 4 aromatic carbocycles. The molecular formula is C44H42N8O6. The molecule has 2 aromatic heterocycles. The Balaban J connectivity index is 0.000000178. The molecular weight excluding hydrogens is 737 g/mol. The molecule has 0 radical (unpaired) electrons. The Morgan fingerprint density at radius 3 is 1.79 bits per heavy atom. The Bertz CT molecular complexity index is 2550. The third-order valence-electron chi connectivity index (χ3n) is 9.78. The number of nitrogens with one attached hydrogen (secondary N) is 1. The number of amides is 1. The van der Waals surface area contributed by atoms with Crippen molar-refractivity contribution in [3.05, 3.63) is 118 Å². The highest BCUT2D eigenvalue weighted by Gasteiger charge is 2.28. The van der Waals surface area contributed by atoms with Crippen LogP contribution in [-0.2, 0) is 17.6 Å². The van der Waals surface area contributed by atoms with Crippen LogP contribution in [-0.4, -0.2) is 50.1 Å². The van der Waals surface area contributed by atoms with E-state index in [4.69, 9.17) is 42.5 Å². The lowest BCUT2D eigenvalue weighted by Gasteiger charge is -2.13. The normalized spacial score (nSPS) is 15.2. The molecule has 2 aliphatic carbocycles. The lowest BCUT2D eigenvalue weighted by molar-refractivity contribution is -0.124. The molecule has 6 aromatic rings. The number of hydrogen-bond acceptors (Lipinski definition) is 11. The zero-order valence-corrected chi connectivity index (χ0v) is 32.5. The first-order chi connectivity index (χ1) is 28.1. The van der Waals surface area contributed by atoms with Gasteiger partial charge in [-0.15, -0.1) is 0 Å². The lowest BCUT2D eigenvalue weighted by atomic mass is 10.0. The first kappa shape index (κ1) is 39.4. The van der Waals surface area contributed by atoms with E-state index in [1.54, 1.807) is 30.3 Å². The molecule has 0 spiro atoms. The summed E-state index contributed by atoms with van der Waals surface area (Å²) in [4.78, 5) is 27.8. The average Bonchev–Trinajstić information content (AvgIpc) is 4.06. The maximum atomic E-state index is 11.6. The van der Waals surface area contributed by atoms with E-state index in [2.05, 4.69) is 41.4 Å². The standard InChI is InChI=1S/C23H22N4O4.C21H20N4O2/c1-13(2)30-20-10-7-14(11-19(20)24-3)23-26-22(27-31-23)17-6-4-5-16-15(17)8-9-18(16)25-21(29)12-28;1-12(2)26-19-10-7-13(11-18(19)23-3)21-24-20(25-27-21)16-6-4-5-15-14(16)8-9-17(15)22/h4-7,10-11,13,18,28H,8-9,12H2,1-2H3,(H,25,29);4-7,10-12,17H,8-9,22H2,1-2H3/t18-;17-/m11/s1. The van der Waals surface area contributed by atoms with Crippen molar-refractivity contribution < 1.29 is 28.4 Å². The van der Waals surface area contributed by atoms with Crippen LogP contribution in [0.3, 0.4) is 0 Å². The number of benzene rings is 4. The number of ether oxygens (including phenoxy) is 2. The van der Waals surface area contributed by atoms with Crippen LogP contribution >= 0.6 is 0 Å². The van der Waals surface area contributed by atoms with Gasteiger partial charge in [0.25, 0.3) is 11.8 Å². The van der Waals surface area contributed by atoms with Crippen LogP contribution in [0, 0.1) is 13.1 Å². The smallest absolute Gasteiger partial charge is 0.256 e. The molecule has 4 N–H and O–H groups in total. The molecule has 0 saturated heterocycles. The van der Waals surface area contributed by atoms with Crippen LogP contribution in [0.5, 0.6) is 11.5 Å². The predicted molar refractivity (Wildman–Crippen MR) is 216 cm³/mol. The van der Waals surface area contributed by atoms with E-state index in [-0.39, 0.29) is 24.3 Å². The van der Waals surface area contributed by atoms with Crippen molar-refractivity contribution >= 4 is 17.3 Å². The SMILES string of the molecule is [C-]#[N+]c1cc(-c2nc(-c3cccc4c3CC[C@H]4N)no2)ccc1OC(C)C.[C-]#[N+]c1cc(-c2nc(-c3cccc4c3CC[C@H]4NC(=O)CO)no2)ccc1OC(C)C. The van der Waals surface area contributed by atoms with Gasteiger partial charge in [-0.3, -0.25) is 4.79 Å². The van der Waals surface area contributed by atoms with Crippen molar-refractivity contribution in [2.24, 2.45) is 5.73 Å². The molecule has 2 aliphatic rings. The number of aromatic nitrogens is 4. The molecule has 1 amide bonds. The summed E-state index contributed by atoms with van der Waals surface area (Å²) in [5.41, 5.74) is 14.5. The number of aliphatic hydroxyl groups is 1. The van der Waals surface area contributed by atoms with Crippen molar-refractivity contribution in [1.29, 1.82) is 0 Å². The van der Waals surface area contributed by atoms with Gasteiger partial charge in [0.15, 0.2) is 0 Å². The molecule has 0 unspecified atom stereocenters. The number of carbonyl (C=O) groups excluding carboxylic acids is 1. The fourth-order valence-electron chi connectivity index (χ4n) is 7.23. The minimum Gasteiger partial charge on any atom is -0.502 e. The van der Waals surface area contributed by atoms with E-state index < -0.39 is 12.5 Å². The predicted octanol–water partition coefficient (Wildman–Crippen LogP) is 8.52. The molecule has 14 heteroatoms. The van der Waals surface area contributed by atoms with Gasteiger partial charge in [0.05, 0.1) is 31.4 Å². The molecule has 2 heterocycles. The summed E-state index contributed by atoms with van der Waals surface area (Å²) in [6.07, 6.45) is 3.32. The van der Waals surface area contributed by atoms with E-state index >= 15 is 0 Å². The molecule has 294 valence electrons. The largest absolute Gasteiger partial charge is 0.502 e. The first-order valence-corrected chi connectivity index (χ1v) is 19.0. The monoisotopic (exact) mass is 778 g/mol. The van der Waals surface area contributed by atoms with Crippen LogP contribution in [0.4, 0.5) is 11.4 Å². The number of rotatable bonds is 10. The Hall–Kier alpha value is -6.87. The number of nitrogens with zero attached hydrogens (tertiary/aromatic N) is 6. The van der Waals surface area contributed by atoms with Crippen LogP contribution in [0.25, 0.3) is 55.4 Å². The van der Waals surface area contributed by atoms with Crippen LogP contribution in [0.1, 0.15) is 74.9 Å². The summed E-state index contributed by atoms with van der Waals surface area (Å²) in [6.45, 7) is 22.0. The number of aliphatic hydroxyl groups excluding tert-OH is 1. The summed E-state index contributed by atoms with van der Waals surface area (Å²) in [5.74, 6) is 2.37. The maximum absolute atomic E-state index is 11.6. The van der Waals surface area contributed by atoms with E-state index in [9.17, 15) is 4.79 Å². The Morgan fingerprint density at radius 2 is 1.29 bits per heavy atom. The molecule has 0 saturated carbocycles. The van der Waals surface area contributed by atoms with Crippen LogP contribution < -0.4 is 20.5 Å². The third-order valence-corrected chi connectivity index (χ3v) is 9.78. The summed E-state index contributed by atoms with van der Waals surface area (Å²) in [7, 11) is 0. The highest BCUT2D eigenvalue weighted by molar-refractivity contribution is 5.78. The number of fused-ring (bicyclic) bond motifs is 2. The molecule has 8 rings (SSSR count). The molecule has 0 bridgehead atoms. The van der Waals surface area contributed by atoms with Gasteiger partial charge >= 0.3 is 0 Å². The fourth-order valence-corrected chi connectivity index (χ4v) is 7.23. The van der Waals surface area contributed by atoms with E-state index in [0.717, 1.165) is 53.5 Å². The minimum absolute atomic E-state index is 0.00194. The number of nitrogens with two attached hydrogens (primary N) is 1. The minimum atomic E-state index is -0.534. The van der Waals surface area contributed by atoms with Gasteiger partial charge in [-0.1, -0.05) is 46.7 Å². The van der Waals surface area contributed by atoms with Crippen molar-refractivity contribution in [2.75, 3.05) is 6.61 Å². The van der Waals surface area contributed by atoms with Gasteiger partial charge in [0, 0.05) is 28.3 Å². The van der Waals surface area contributed by atoms with Crippen LogP contribution in [0.15, 0.2) is 81.8 Å². The van der Waals surface area contributed by atoms with Crippen molar-refractivity contribution in [3.63, 3.8) is 0 Å². The third kappa shape index (κ3) is 8.30. The van der Waals surface area contributed by atoms with E-state index in [1.165, 1.54) is 5.56 Å². The van der Waals surface area contributed by atoms with Gasteiger partial charge in [-0.25, -0.2) is 9.69 Å². The Kier molecular flexibility index (Phi) is 11.6. The second-order valence-corrected chi connectivity index (χ2v) is 14.5. The zero-order chi connectivity index (χ0) is 40.9. The fraction of sp³-hybridized carbons (Fsp3) is 0.295. The number of hydrogen-bond donors (Lipinski definition) is 3. The summed E-state index contributed by atoms with van der Waals surface area (Å²) in [6, 6.07) is 22.3. The highest BCUT2D eigenvalue weighted by atomic mass is 16.5. The van der Waals surface area contributed by atoms with Crippen molar-refractivity contribution in [3.8, 4) is 57.2 Å². The van der Waals surface area contributed by atoms with E-state index in [0.29, 0.717) is 57.4 Å². The second-order valence-electron chi connectivity index (χ2n) is 14.5.